The molecule has 0 unspecified atom stereocenters. The lowest BCUT2D eigenvalue weighted by molar-refractivity contribution is 0.0277. The zero-order valence-electron chi connectivity index (χ0n) is 18.6. The molecule has 30 heavy (non-hydrogen) atoms. The number of nitrogens with zero attached hydrogens (tertiary/aromatic N) is 3. The lowest BCUT2D eigenvalue weighted by Crippen LogP contribution is -2.37. The first-order valence-corrected chi connectivity index (χ1v) is 11.6. The van der Waals surface area contributed by atoms with Gasteiger partial charge in [0.1, 0.15) is 5.82 Å². The molecule has 6 nitrogen and oxygen atoms in total. The van der Waals surface area contributed by atoms with Gasteiger partial charge in [-0.15, -0.1) is 24.0 Å². The third-order valence-electron chi connectivity index (χ3n) is 5.94. The first-order valence-electron chi connectivity index (χ1n) is 11.6. The average molecular weight is 530 g/mol. The number of hydrogen-bond acceptors (Lipinski definition) is 4. The van der Waals surface area contributed by atoms with Crippen molar-refractivity contribution < 1.29 is 4.74 Å². The molecule has 1 aromatic rings. The average Bonchev–Trinajstić information content (AvgIpc) is 3.06. The van der Waals surface area contributed by atoms with Crippen molar-refractivity contribution in [3.63, 3.8) is 0 Å². The van der Waals surface area contributed by atoms with E-state index < -0.39 is 0 Å². The number of anilines is 1. The second-order valence-corrected chi connectivity index (χ2v) is 8.26. The number of rotatable bonds is 8. The fourth-order valence-electron chi connectivity index (χ4n) is 4.21. The topological polar surface area (TPSA) is 61.8 Å². The third-order valence-corrected chi connectivity index (χ3v) is 5.94. The fourth-order valence-corrected chi connectivity index (χ4v) is 4.21. The molecule has 2 heterocycles. The van der Waals surface area contributed by atoms with Crippen LogP contribution in [0.4, 0.5) is 5.82 Å². The van der Waals surface area contributed by atoms with Crippen LogP contribution in [0.1, 0.15) is 69.8 Å². The highest BCUT2D eigenvalue weighted by Gasteiger charge is 2.13. The van der Waals surface area contributed by atoms with Gasteiger partial charge in [0.15, 0.2) is 5.96 Å². The summed E-state index contributed by atoms with van der Waals surface area (Å²) in [6.07, 6.45) is 15.1. The standard InChI is InChI=1S/C23H39N5O.HI/c1-24-23(26-13-9-17-29-21-10-5-4-6-11-21)27-19-20-12-14-25-22(18-20)28-15-7-2-3-8-16-28;/h12,14,18,21H,2-11,13,15-17,19H2,1H3,(H2,24,26,27);1H. The van der Waals surface area contributed by atoms with Gasteiger partial charge in [0.05, 0.1) is 6.10 Å². The smallest absolute Gasteiger partial charge is 0.191 e. The van der Waals surface area contributed by atoms with Crippen molar-refractivity contribution in [1.29, 1.82) is 0 Å². The first-order chi connectivity index (χ1) is 14.3. The number of halogens is 1. The van der Waals surface area contributed by atoms with Crippen LogP contribution >= 0.6 is 24.0 Å². The zero-order chi connectivity index (χ0) is 20.2. The zero-order valence-corrected chi connectivity index (χ0v) is 20.9. The molecule has 1 aliphatic heterocycles. The van der Waals surface area contributed by atoms with Crippen LogP contribution in [0.15, 0.2) is 23.3 Å². The summed E-state index contributed by atoms with van der Waals surface area (Å²) >= 11 is 0. The highest BCUT2D eigenvalue weighted by molar-refractivity contribution is 14.0. The second kappa shape index (κ2) is 14.8. The maximum absolute atomic E-state index is 6.00. The van der Waals surface area contributed by atoms with Crippen LogP contribution in [0, 0.1) is 0 Å². The maximum atomic E-state index is 6.00. The number of hydrogen-bond donors (Lipinski definition) is 2. The molecule has 7 heteroatoms. The van der Waals surface area contributed by atoms with E-state index in [-0.39, 0.29) is 24.0 Å². The van der Waals surface area contributed by atoms with E-state index in [0.29, 0.717) is 6.10 Å². The predicted octanol–water partition coefficient (Wildman–Crippen LogP) is 4.48. The maximum Gasteiger partial charge on any atom is 0.191 e. The summed E-state index contributed by atoms with van der Waals surface area (Å²) in [4.78, 5) is 11.4. The van der Waals surface area contributed by atoms with Gasteiger partial charge >= 0.3 is 0 Å². The summed E-state index contributed by atoms with van der Waals surface area (Å²) < 4.78 is 6.00. The molecule has 0 aromatic carbocycles. The van der Waals surface area contributed by atoms with Crippen molar-refractivity contribution in [2.24, 2.45) is 4.99 Å². The molecule has 170 valence electrons. The van der Waals surface area contributed by atoms with Crippen LogP contribution in [0.2, 0.25) is 0 Å². The normalized spacial score (nSPS) is 18.4. The van der Waals surface area contributed by atoms with Crippen molar-refractivity contribution in [2.75, 3.05) is 38.2 Å². The lowest BCUT2D eigenvalue weighted by atomic mass is 9.98. The van der Waals surface area contributed by atoms with Crippen molar-refractivity contribution >= 4 is 35.8 Å². The first kappa shape index (κ1) is 25.2. The summed E-state index contributed by atoms with van der Waals surface area (Å²) in [5.41, 5.74) is 1.24. The van der Waals surface area contributed by atoms with Gasteiger partial charge in [0, 0.05) is 46.0 Å². The Morgan fingerprint density at radius 1 is 1.10 bits per heavy atom. The van der Waals surface area contributed by atoms with Crippen LogP contribution in [-0.4, -0.2) is 50.3 Å². The minimum Gasteiger partial charge on any atom is -0.378 e. The van der Waals surface area contributed by atoms with Gasteiger partial charge < -0.3 is 20.3 Å². The Morgan fingerprint density at radius 3 is 2.57 bits per heavy atom. The Labute approximate surface area is 199 Å². The molecule has 2 N–H and O–H groups in total. The molecule has 1 aromatic heterocycles. The van der Waals surface area contributed by atoms with Crippen LogP contribution in [0.25, 0.3) is 0 Å². The SMILES string of the molecule is CN=C(NCCCOC1CCCCC1)NCc1ccnc(N2CCCCCC2)c1.I. The number of pyridine rings is 1. The molecule has 0 atom stereocenters. The Kier molecular flexibility index (Phi) is 12.4. The van der Waals surface area contributed by atoms with Gasteiger partial charge in [-0.25, -0.2) is 4.98 Å². The largest absolute Gasteiger partial charge is 0.378 e. The fraction of sp³-hybridized carbons (Fsp3) is 0.739. The molecule has 0 amide bonds. The van der Waals surface area contributed by atoms with Crippen LogP contribution in [-0.2, 0) is 11.3 Å². The molecular weight excluding hydrogens is 489 g/mol. The Morgan fingerprint density at radius 2 is 1.83 bits per heavy atom. The monoisotopic (exact) mass is 529 g/mol. The van der Waals surface area contributed by atoms with Crippen LogP contribution in [0.5, 0.6) is 0 Å². The number of guanidine groups is 1. The number of nitrogens with one attached hydrogen (secondary N) is 2. The Bertz CT molecular complexity index is 613. The third kappa shape index (κ3) is 8.96. The van der Waals surface area contributed by atoms with Gasteiger partial charge in [0.2, 0.25) is 0 Å². The van der Waals surface area contributed by atoms with Crippen molar-refractivity contribution in [3.05, 3.63) is 23.9 Å². The van der Waals surface area contributed by atoms with Crippen molar-refractivity contribution in [1.82, 2.24) is 15.6 Å². The molecule has 2 fully saturated rings. The molecular formula is C23H40IN5O. The van der Waals surface area contributed by atoms with E-state index in [9.17, 15) is 0 Å². The molecule has 1 saturated heterocycles. The minimum absolute atomic E-state index is 0. The van der Waals surface area contributed by atoms with Crippen LogP contribution in [0.3, 0.4) is 0 Å². The van der Waals surface area contributed by atoms with Crippen LogP contribution < -0.4 is 15.5 Å². The Hall–Kier alpha value is -1.09. The van der Waals surface area contributed by atoms with Crippen molar-refractivity contribution in [3.8, 4) is 0 Å². The molecule has 1 saturated carbocycles. The molecule has 0 radical (unpaired) electrons. The van der Waals surface area contributed by atoms with Gasteiger partial charge in [-0.1, -0.05) is 32.1 Å². The summed E-state index contributed by atoms with van der Waals surface area (Å²) in [6.45, 7) is 4.70. The summed E-state index contributed by atoms with van der Waals surface area (Å²) in [6, 6.07) is 4.29. The summed E-state index contributed by atoms with van der Waals surface area (Å²) in [5, 5.41) is 6.82. The highest BCUT2D eigenvalue weighted by Crippen LogP contribution is 2.20. The van der Waals surface area contributed by atoms with Gasteiger partial charge in [-0.05, 0) is 49.8 Å². The van der Waals surface area contributed by atoms with E-state index in [1.165, 1.54) is 63.4 Å². The van der Waals surface area contributed by atoms with Gasteiger partial charge in [-0.2, -0.15) is 0 Å². The van der Waals surface area contributed by atoms with E-state index >= 15 is 0 Å². The lowest BCUT2D eigenvalue weighted by Gasteiger charge is -2.22. The molecule has 0 spiro atoms. The van der Waals surface area contributed by atoms with E-state index in [4.69, 9.17) is 4.74 Å². The minimum atomic E-state index is 0. The molecule has 2 aliphatic rings. The molecule has 0 bridgehead atoms. The van der Waals surface area contributed by atoms with E-state index in [1.54, 1.807) is 0 Å². The quantitative estimate of drug-likeness (QED) is 0.225. The second-order valence-electron chi connectivity index (χ2n) is 8.26. The highest BCUT2D eigenvalue weighted by atomic mass is 127. The number of aliphatic imine (C=N–C) groups is 1. The van der Waals surface area contributed by atoms with Gasteiger partial charge in [-0.3, -0.25) is 4.99 Å². The van der Waals surface area contributed by atoms with Crippen molar-refractivity contribution in [2.45, 2.75) is 76.9 Å². The predicted molar refractivity (Wildman–Crippen MR) is 136 cm³/mol. The van der Waals surface area contributed by atoms with E-state index in [1.807, 2.05) is 13.2 Å². The summed E-state index contributed by atoms with van der Waals surface area (Å²) in [5.74, 6) is 1.95. The van der Waals surface area contributed by atoms with E-state index in [0.717, 1.165) is 51.0 Å². The Balaban J connectivity index is 0.00000320. The molecule has 3 rings (SSSR count). The van der Waals surface area contributed by atoms with Gasteiger partial charge in [0.25, 0.3) is 0 Å². The molecule has 1 aliphatic carbocycles. The summed E-state index contributed by atoms with van der Waals surface area (Å²) in [7, 11) is 1.82. The van der Waals surface area contributed by atoms with E-state index in [2.05, 4.69) is 37.6 Å². The number of aromatic nitrogens is 1. The number of ether oxygens (including phenoxy) is 1.